The number of amides is 1. The maximum absolute atomic E-state index is 11.1. The Morgan fingerprint density at radius 1 is 1.06 bits per heavy atom. The Labute approximate surface area is 106 Å². The molecule has 0 aromatic heterocycles. The van der Waals surface area contributed by atoms with Crippen molar-refractivity contribution >= 4 is 5.91 Å². The summed E-state index contributed by atoms with van der Waals surface area (Å²) in [5.74, 6) is -0.0624. The van der Waals surface area contributed by atoms with Gasteiger partial charge in [-0.2, -0.15) is 0 Å². The molecule has 3 nitrogen and oxygen atoms in total. The summed E-state index contributed by atoms with van der Waals surface area (Å²) in [5, 5.41) is 2.89. The number of nitrogens with one attached hydrogen (secondary N) is 1. The lowest BCUT2D eigenvalue weighted by molar-refractivity contribution is -0.927. The minimum atomic E-state index is -0.0624. The first-order valence-electron chi connectivity index (χ1n) is 6.89. The van der Waals surface area contributed by atoms with E-state index >= 15 is 0 Å². The summed E-state index contributed by atoms with van der Waals surface area (Å²) < 4.78 is 1.14. The van der Waals surface area contributed by atoms with Crippen LogP contribution in [0.1, 0.15) is 40.0 Å². The molecule has 0 saturated carbocycles. The summed E-state index contributed by atoms with van der Waals surface area (Å²) in [6, 6.07) is 0. The highest BCUT2D eigenvalue weighted by Gasteiger charge is 2.23. The van der Waals surface area contributed by atoms with Crippen LogP contribution in [-0.2, 0) is 4.79 Å². The molecule has 1 N–H and O–H groups in total. The molecule has 0 spiro atoms. The second-order valence-electron chi connectivity index (χ2n) is 4.73. The van der Waals surface area contributed by atoms with Crippen LogP contribution in [0.4, 0.5) is 0 Å². The molecule has 0 heterocycles. The van der Waals surface area contributed by atoms with E-state index < -0.39 is 0 Å². The number of carbonyl (C=O) groups excluding carboxylic acids is 1. The van der Waals surface area contributed by atoms with E-state index in [-0.39, 0.29) is 5.91 Å². The molecule has 3 heteroatoms. The number of rotatable bonds is 10. The summed E-state index contributed by atoms with van der Waals surface area (Å²) >= 11 is 0. The van der Waals surface area contributed by atoms with Crippen molar-refractivity contribution in [2.75, 3.05) is 32.7 Å². The van der Waals surface area contributed by atoms with Gasteiger partial charge in [0, 0.05) is 0 Å². The van der Waals surface area contributed by atoms with Gasteiger partial charge in [-0.05, 0) is 25.3 Å². The van der Waals surface area contributed by atoms with Crippen LogP contribution in [0.5, 0.6) is 0 Å². The van der Waals surface area contributed by atoms with Gasteiger partial charge in [0.1, 0.15) is 0 Å². The molecule has 0 unspecified atom stereocenters. The van der Waals surface area contributed by atoms with Crippen molar-refractivity contribution in [2.45, 2.75) is 40.0 Å². The molecule has 0 atom stereocenters. The Morgan fingerprint density at radius 2 is 1.53 bits per heavy atom. The average Bonchev–Trinajstić information content (AvgIpc) is 2.30. The second kappa shape index (κ2) is 9.23. The molecule has 1 amide bonds. The van der Waals surface area contributed by atoms with E-state index in [1.165, 1.54) is 45.0 Å². The van der Waals surface area contributed by atoms with Crippen molar-refractivity contribution in [1.29, 1.82) is 0 Å². The van der Waals surface area contributed by atoms with Gasteiger partial charge in [0.25, 0.3) is 0 Å². The number of quaternary nitrogens is 1. The summed E-state index contributed by atoms with van der Waals surface area (Å²) in [7, 11) is 0. The van der Waals surface area contributed by atoms with Crippen molar-refractivity contribution in [3.8, 4) is 0 Å². The van der Waals surface area contributed by atoms with E-state index in [9.17, 15) is 4.79 Å². The van der Waals surface area contributed by atoms with Gasteiger partial charge in [0.05, 0.1) is 32.7 Å². The third-order valence-corrected chi connectivity index (χ3v) is 3.16. The normalized spacial score (nSPS) is 11.2. The zero-order valence-electron chi connectivity index (χ0n) is 11.8. The minimum absolute atomic E-state index is 0.0624. The fourth-order valence-electron chi connectivity index (χ4n) is 2.58. The van der Waals surface area contributed by atoms with Gasteiger partial charge in [-0.1, -0.05) is 27.4 Å². The van der Waals surface area contributed by atoms with E-state index in [0.29, 0.717) is 0 Å². The van der Waals surface area contributed by atoms with Crippen molar-refractivity contribution in [1.82, 2.24) is 5.32 Å². The minimum Gasteiger partial charge on any atom is -0.347 e. The lowest BCUT2D eigenvalue weighted by atomic mass is 10.2. The number of hydrogen-bond acceptors (Lipinski definition) is 1. The fraction of sp³-hybridized carbons (Fsp3) is 0.786. The molecule has 0 aliphatic rings. The predicted octanol–water partition coefficient (Wildman–Crippen LogP) is 2.34. The molecule has 100 valence electrons. The van der Waals surface area contributed by atoms with Crippen LogP contribution in [0.15, 0.2) is 12.7 Å². The number of carbonyl (C=O) groups is 1. The molecular weight excluding hydrogens is 212 g/mol. The largest absolute Gasteiger partial charge is 0.347 e. The van der Waals surface area contributed by atoms with Gasteiger partial charge in [-0.3, -0.25) is 4.79 Å². The Balaban J connectivity index is 4.32. The molecule has 0 aliphatic carbocycles. The van der Waals surface area contributed by atoms with E-state index in [0.717, 1.165) is 17.6 Å². The molecule has 0 saturated heterocycles. The van der Waals surface area contributed by atoms with Crippen LogP contribution in [0, 0.1) is 0 Å². The molecule has 17 heavy (non-hydrogen) atoms. The zero-order valence-corrected chi connectivity index (χ0v) is 11.8. The van der Waals surface area contributed by atoms with Crippen LogP contribution >= 0.6 is 0 Å². The average molecular weight is 241 g/mol. The highest BCUT2D eigenvalue weighted by Crippen LogP contribution is 2.10. The van der Waals surface area contributed by atoms with Gasteiger partial charge in [-0.25, -0.2) is 0 Å². The molecule has 0 bridgehead atoms. The first-order chi connectivity index (χ1) is 8.14. The van der Waals surface area contributed by atoms with Crippen LogP contribution in [0.2, 0.25) is 0 Å². The predicted molar refractivity (Wildman–Crippen MR) is 73.8 cm³/mol. The summed E-state index contributed by atoms with van der Waals surface area (Å²) in [4.78, 5) is 11.1. The van der Waals surface area contributed by atoms with E-state index in [1.807, 2.05) is 0 Å². The van der Waals surface area contributed by atoms with Crippen molar-refractivity contribution in [3.05, 3.63) is 12.7 Å². The van der Waals surface area contributed by atoms with Gasteiger partial charge in [0.2, 0.25) is 5.91 Å². The van der Waals surface area contributed by atoms with E-state index in [1.54, 1.807) is 0 Å². The lowest BCUT2D eigenvalue weighted by Gasteiger charge is -2.38. The Kier molecular flexibility index (Phi) is 8.78. The van der Waals surface area contributed by atoms with Gasteiger partial charge in [-0.15, -0.1) is 0 Å². The monoisotopic (exact) mass is 241 g/mol. The molecular formula is C14H29N2O+. The Bertz CT molecular complexity index is 209. The van der Waals surface area contributed by atoms with Crippen molar-refractivity contribution < 1.29 is 9.28 Å². The summed E-state index contributed by atoms with van der Waals surface area (Å²) in [6.07, 6.45) is 4.95. The first-order valence-corrected chi connectivity index (χ1v) is 6.89. The smallest absolute Gasteiger partial charge is 0.243 e. The van der Waals surface area contributed by atoms with Crippen molar-refractivity contribution in [3.63, 3.8) is 0 Å². The second-order valence-corrected chi connectivity index (χ2v) is 4.73. The van der Waals surface area contributed by atoms with E-state index in [4.69, 9.17) is 0 Å². The van der Waals surface area contributed by atoms with Crippen molar-refractivity contribution in [2.24, 2.45) is 0 Å². The van der Waals surface area contributed by atoms with E-state index in [2.05, 4.69) is 32.7 Å². The fourth-order valence-corrected chi connectivity index (χ4v) is 2.58. The number of hydrogen-bond donors (Lipinski definition) is 1. The van der Waals surface area contributed by atoms with Crippen LogP contribution < -0.4 is 5.32 Å². The third kappa shape index (κ3) is 6.47. The van der Waals surface area contributed by atoms with Gasteiger partial charge < -0.3 is 9.80 Å². The third-order valence-electron chi connectivity index (χ3n) is 3.16. The molecule has 0 fully saturated rings. The highest BCUT2D eigenvalue weighted by atomic mass is 16.1. The zero-order chi connectivity index (χ0) is 13.1. The SMILES string of the molecule is C=CC(=O)NCC[N+](CCC)(CCC)CCC. The summed E-state index contributed by atoms with van der Waals surface area (Å²) in [6.45, 7) is 15.6. The quantitative estimate of drug-likeness (QED) is 0.461. The topological polar surface area (TPSA) is 29.1 Å². The van der Waals surface area contributed by atoms with Crippen LogP contribution in [-0.4, -0.2) is 43.1 Å². The highest BCUT2D eigenvalue weighted by molar-refractivity contribution is 5.86. The lowest BCUT2D eigenvalue weighted by Crippen LogP contribution is -2.53. The molecule has 0 aromatic carbocycles. The van der Waals surface area contributed by atoms with Gasteiger partial charge >= 0.3 is 0 Å². The molecule has 0 aliphatic heterocycles. The van der Waals surface area contributed by atoms with Crippen LogP contribution in [0.25, 0.3) is 0 Å². The Hall–Kier alpha value is -0.830. The maximum atomic E-state index is 11.1. The molecule has 0 radical (unpaired) electrons. The van der Waals surface area contributed by atoms with Crippen LogP contribution in [0.3, 0.4) is 0 Å². The maximum Gasteiger partial charge on any atom is 0.243 e. The molecule has 0 aromatic rings. The number of nitrogens with zero attached hydrogens (tertiary/aromatic N) is 1. The van der Waals surface area contributed by atoms with Gasteiger partial charge in [0.15, 0.2) is 0 Å². The molecule has 0 rings (SSSR count). The Morgan fingerprint density at radius 3 is 1.88 bits per heavy atom. The summed E-state index contributed by atoms with van der Waals surface area (Å²) in [5.41, 5.74) is 0. The first kappa shape index (κ1) is 16.2. The standard InChI is InChI=1S/C14H28N2O/c1-5-10-16(11-6-2,12-7-3)13-9-15-14(17)8-4/h8H,4-7,9-13H2,1-3H3/p+1.